The standard InChI is InChI=1S/8Ca.ClH.16H/h;;;;;;;;1H;;;;;;;;;;;;;;;;/q8*+2;;16*-1. The van der Waals surface area contributed by atoms with Crippen molar-refractivity contribution in [3.8, 4) is 0 Å². The van der Waals surface area contributed by atoms with Crippen molar-refractivity contribution >= 4 is 314 Å². The molecule has 0 unspecified atom stereocenters. The average molecular weight is 373 g/mol. The molecule has 0 bridgehead atoms. The molecule has 0 aliphatic heterocycles. The molecule has 0 spiro atoms. The second kappa shape index (κ2) is 51.5. The SMILES string of the molecule is Cl.[Ca+2].[Ca+2].[Ca+2].[Ca+2].[Ca+2].[Ca+2].[Ca+2].[Ca+2].[H-].[H-].[H-].[H-].[H-].[H-].[H-].[H-].[H-].[H-].[H-].[H-].[H-].[H-].[H-].[H-]. The first-order valence-corrected chi connectivity index (χ1v) is 0. The molecule has 0 rings (SSSR count). The predicted octanol–water partition coefficient (Wildman–Crippen LogP) is -0.825. The Kier molecular flexibility index (Phi) is 348. The Morgan fingerprint density at radius 3 is 0.333 bits per heavy atom. The maximum absolute atomic E-state index is 0. The van der Waals surface area contributed by atoms with Crippen molar-refractivity contribution in [2.75, 3.05) is 0 Å². The fourth-order valence-corrected chi connectivity index (χ4v) is 0. The molecule has 0 saturated heterocycles. The Morgan fingerprint density at radius 2 is 0.333 bits per heavy atom. The minimum Gasteiger partial charge on any atom is -1.00 e. The molecule has 0 N–H and O–H groups in total. The van der Waals surface area contributed by atoms with Crippen LogP contribution in [0, 0.1) is 0 Å². The third kappa shape index (κ3) is 45.8. The molecule has 40 valence electrons. The molecule has 0 radical (unpaired) electrons. The molecule has 0 atom stereocenters. The van der Waals surface area contributed by atoms with E-state index in [1.807, 2.05) is 0 Å². The quantitative estimate of drug-likeness (QED) is 0.487. The molecule has 0 nitrogen and oxygen atoms in total. The van der Waals surface area contributed by atoms with E-state index in [1.165, 1.54) is 0 Å². The normalized spacial score (nSPS) is 0. The van der Waals surface area contributed by atoms with E-state index in [2.05, 4.69) is 0 Å². The van der Waals surface area contributed by atoms with Crippen molar-refractivity contribution < 1.29 is 22.8 Å². The van der Waals surface area contributed by atoms with Gasteiger partial charge in [-0.2, -0.15) is 0 Å². The van der Waals surface area contributed by atoms with Crippen LogP contribution in [0.3, 0.4) is 0 Å². The third-order valence-corrected chi connectivity index (χ3v) is 0. The maximum Gasteiger partial charge on any atom is 2.00 e. The Morgan fingerprint density at radius 1 is 0.333 bits per heavy atom. The summed E-state index contributed by atoms with van der Waals surface area (Å²) in [6, 6.07) is 0. The summed E-state index contributed by atoms with van der Waals surface area (Å²) in [5.41, 5.74) is 0. The van der Waals surface area contributed by atoms with Gasteiger partial charge in [0, 0.05) is 0 Å². The van der Waals surface area contributed by atoms with Crippen LogP contribution in [0.2, 0.25) is 0 Å². The molecule has 0 aromatic carbocycles. The fourth-order valence-electron chi connectivity index (χ4n) is 0. The van der Waals surface area contributed by atoms with Crippen molar-refractivity contribution in [2.24, 2.45) is 0 Å². The first-order valence-electron chi connectivity index (χ1n) is 0. The van der Waals surface area contributed by atoms with Gasteiger partial charge in [0.25, 0.3) is 0 Å². The van der Waals surface area contributed by atoms with Gasteiger partial charge in [0.1, 0.15) is 0 Å². The first kappa shape index (κ1) is 60.8. The van der Waals surface area contributed by atoms with Crippen LogP contribution >= 0.6 is 12.4 Å². The molecule has 0 heterocycles. The van der Waals surface area contributed by atoms with Gasteiger partial charge >= 0.3 is 302 Å². The molecule has 0 aliphatic carbocycles. The van der Waals surface area contributed by atoms with E-state index in [9.17, 15) is 0 Å². The van der Waals surface area contributed by atoms with E-state index in [-0.39, 0.29) is 337 Å². The van der Waals surface area contributed by atoms with E-state index in [0.717, 1.165) is 0 Å². The van der Waals surface area contributed by atoms with Crippen molar-refractivity contribution in [3.63, 3.8) is 0 Å². The summed E-state index contributed by atoms with van der Waals surface area (Å²) in [6.45, 7) is 0. The van der Waals surface area contributed by atoms with Gasteiger partial charge in [-0.15, -0.1) is 12.4 Å². The molecule has 0 aromatic rings. The van der Waals surface area contributed by atoms with Crippen LogP contribution in [-0.4, -0.2) is 302 Å². The molecule has 9 heteroatoms. The van der Waals surface area contributed by atoms with Gasteiger partial charge in [-0.05, 0) is 0 Å². The summed E-state index contributed by atoms with van der Waals surface area (Å²) in [7, 11) is 0. The summed E-state index contributed by atoms with van der Waals surface area (Å²) in [5, 5.41) is 0. The zero-order valence-electron chi connectivity index (χ0n) is 22.1. The van der Waals surface area contributed by atoms with Gasteiger partial charge < -0.3 is 22.8 Å². The van der Waals surface area contributed by atoms with E-state index in [0.29, 0.717) is 0 Å². The number of hydrogen-bond donors (Lipinski definition) is 0. The zero-order valence-corrected chi connectivity index (χ0v) is 24.5. The van der Waals surface area contributed by atoms with Crippen LogP contribution in [0.15, 0.2) is 0 Å². The van der Waals surface area contributed by atoms with E-state index in [4.69, 9.17) is 0 Å². The van der Waals surface area contributed by atoms with Gasteiger partial charge in [0.2, 0.25) is 0 Å². The van der Waals surface area contributed by atoms with Crippen molar-refractivity contribution in [3.05, 3.63) is 0 Å². The van der Waals surface area contributed by atoms with Gasteiger partial charge in [-0.25, -0.2) is 0 Å². The van der Waals surface area contributed by atoms with Crippen LogP contribution in [0.1, 0.15) is 22.8 Å². The Hall–Kier alpha value is 10.4. The van der Waals surface area contributed by atoms with Crippen LogP contribution in [0.4, 0.5) is 0 Å². The maximum atomic E-state index is 0. The first-order chi connectivity index (χ1) is 0. The number of halogens is 1. The minimum atomic E-state index is 0. The third-order valence-electron chi connectivity index (χ3n) is 0. The van der Waals surface area contributed by atoms with Gasteiger partial charge in [-0.1, -0.05) is 0 Å². The summed E-state index contributed by atoms with van der Waals surface area (Å²) >= 11 is 0. The Balaban J connectivity index is 0. The minimum absolute atomic E-state index is 0. The molecule has 9 heavy (non-hydrogen) atoms. The topological polar surface area (TPSA) is 0 Å². The molecule has 0 fully saturated rings. The molecular weight excluding hydrogens is 356 g/mol. The molecular formula is H17Ca8Cl. The zero-order chi connectivity index (χ0) is 0. The summed E-state index contributed by atoms with van der Waals surface area (Å²) < 4.78 is 0. The smallest absolute Gasteiger partial charge is 1.00 e. The van der Waals surface area contributed by atoms with E-state index in [1.54, 1.807) is 0 Å². The van der Waals surface area contributed by atoms with E-state index >= 15 is 0 Å². The number of rotatable bonds is 0. The molecule has 0 saturated carbocycles. The van der Waals surface area contributed by atoms with E-state index < -0.39 is 0 Å². The molecule has 0 amide bonds. The van der Waals surface area contributed by atoms with Gasteiger partial charge in [0.15, 0.2) is 0 Å². The van der Waals surface area contributed by atoms with Gasteiger partial charge in [0.05, 0.1) is 0 Å². The van der Waals surface area contributed by atoms with Crippen LogP contribution in [-0.2, 0) is 0 Å². The number of hydrogen-bond acceptors (Lipinski definition) is 0. The molecule has 0 aromatic heterocycles. The van der Waals surface area contributed by atoms with Crippen molar-refractivity contribution in [1.29, 1.82) is 0 Å². The Bertz CT molecular complexity index is 28.1. The van der Waals surface area contributed by atoms with Gasteiger partial charge in [-0.3, -0.25) is 0 Å². The Labute approximate surface area is 326 Å². The summed E-state index contributed by atoms with van der Waals surface area (Å²) in [4.78, 5) is 0. The second-order valence-electron chi connectivity index (χ2n) is 0. The van der Waals surface area contributed by atoms with Crippen LogP contribution in [0.5, 0.6) is 0 Å². The van der Waals surface area contributed by atoms with Crippen molar-refractivity contribution in [1.82, 2.24) is 0 Å². The fraction of sp³-hybridized carbons (Fsp3) is 0. The summed E-state index contributed by atoms with van der Waals surface area (Å²) in [5.74, 6) is 0. The largest absolute Gasteiger partial charge is 2.00 e. The predicted molar refractivity (Wildman–Crippen MR) is 71.1 cm³/mol. The summed E-state index contributed by atoms with van der Waals surface area (Å²) in [6.07, 6.45) is 0. The average Bonchev–Trinajstić information content (AvgIpc) is 0. The second-order valence-corrected chi connectivity index (χ2v) is 0. The van der Waals surface area contributed by atoms with Crippen molar-refractivity contribution in [2.45, 2.75) is 0 Å². The van der Waals surface area contributed by atoms with Crippen LogP contribution in [0.25, 0.3) is 0 Å². The molecule has 0 aliphatic rings. The van der Waals surface area contributed by atoms with Crippen LogP contribution < -0.4 is 0 Å². The monoisotopic (exact) mass is 372 g/mol.